The van der Waals surface area contributed by atoms with Crippen molar-refractivity contribution in [3.63, 3.8) is 0 Å². The first-order valence-electron chi connectivity index (χ1n) is 5.35. The molecule has 0 radical (unpaired) electrons. The molecule has 2 N–H and O–H groups in total. The van der Waals surface area contributed by atoms with Crippen LogP contribution in [0.2, 0.25) is 5.02 Å². The Bertz CT molecular complexity index is 582. The van der Waals surface area contributed by atoms with Gasteiger partial charge >= 0.3 is 0 Å². The molecule has 0 saturated carbocycles. The summed E-state index contributed by atoms with van der Waals surface area (Å²) in [5.74, 6) is -0.151. The van der Waals surface area contributed by atoms with Crippen LogP contribution in [-0.2, 0) is 6.42 Å². The first kappa shape index (κ1) is 11.0. The summed E-state index contributed by atoms with van der Waals surface area (Å²) in [5.41, 5.74) is 7.71. The standard InChI is InChI=1S/C12H10ClFN2S/c13-8-3-1-6(5-9(8)14)7-2-4-10-11(7)17-12(15)16-10/h1,3,5,7H,2,4H2,(H2,15,16). The van der Waals surface area contributed by atoms with Gasteiger partial charge in [-0.3, -0.25) is 0 Å². The fourth-order valence-electron chi connectivity index (χ4n) is 2.29. The van der Waals surface area contributed by atoms with Crippen LogP contribution in [0.15, 0.2) is 18.2 Å². The second-order valence-corrected chi connectivity index (χ2v) is 5.60. The Morgan fingerprint density at radius 3 is 3.06 bits per heavy atom. The number of thiazole rings is 1. The van der Waals surface area contributed by atoms with E-state index in [1.165, 1.54) is 22.3 Å². The van der Waals surface area contributed by atoms with Crippen LogP contribution in [0.4, 0.5) is 9.52 Å². The minimum absolute atomic E-state index is 0.163. The summed E-state index contributed by atoms with van der Waals surface area (Å²) >= 11 is 7.19. The fraction of sp³-hybridized carbons (Fsp3) is 0.250. The van der Waals surface area contributed by atoms with Crippen LogP contribution in [0.3, 0.4) is 0 Å². The van der Waals surface area contributed by atoms with Crippen LogP contribution in [0.25, 0.3) is 0 Å². The van der Waals surface area contributed by atoms with Crippen molar-refractivity contribution in [1.29, 1.82) is 0 Å². The molecule has 1 aliphatic carbocycles. The lowest BCUT2D eigenvalue weighted by atomic mass is 9.98. The van der Waals surface area contributed by atoms with E-state index in [0.717, 1.165) is 24.1 Å². The molecule has 0 fully saturated rings. The molecule has 5 heteroatoms. The number of nitrogens with two attached hydrogens (primary N) is 1. The van der Waals surface area contributed by atoms with Crippen LogP contribution in [0.1, 0.15) is 28.5 Å². The molecule has 2 nitrogen and oxygen atoms in total. The third-order valence-corrected chi connectivity index (χ3v) is 4.42. The molecule has 3 rings (SSSR count). The van der Waals surface area contributed by atoms with Gasteiger partial charge in [0.1, 0.15) is 5.82 Å². The van der Waals surface area contributed by atoms with E-state index in [9.17, 15) is 4.39 Å². The van der Waals surface area contributed by atoms with Crippen molar-refractivity contribution in [3.05, 3.63) is 45.2 Å². The van der Waals surface area contributed by atoms with Crippen molar-refractivity contribution in [2.24, 2.45) is 0 Å². The van der Waals surface area contributed by atoms with Gasteiger partial charge in [-0.15, -0.1) is 11.3 Å². The minimum atomic E-state index is -0.366. The molecule has 0 aliphatic heterocycles. The normalized spacial score (nSPS) is 18.4. The number of benzene rings is 1. The van der Waals surface area contributed by atoms with E-state index >= 15 is 0 Å². The molecule has 1 aromatic carbocycles. The van der Waals surface area contributed by atoms with E-state index in [1.54, 1.807) is 6.07 Å². The first-order chi connectivity index (χ1) is 8.15. The number of nitrogens with zero attached hydrogens (tertiary/aromatic N) is 1. The van der Waals surface area contributed by atoms with Gasteiger partial charge in [-0.05, 0) is 30.5 Å². The number of rotatable bonds is 1. The molecule has 0 bridgehead atoms. The Morgan fingerprint density at radius 1 is 1.47 bits per heavy atom. The topological polar surface area (TPSA) is 38.9 Å². The van der Waals surface area contributed by atoms with E-state index < -0.39 is 0 Å². The summed E-state index contributed by atoms with van der Waals surface area (Å²) in [4.78, 5) is 5.45. The van der Waals surface area contributed by atoms with Gasteiger partial charge in [0.2, 0.25) is 0 Å². The second kappa shape index (κ2) is 3.96. The lowest BCUT2D eigenvalue weighted by Crippen LogP contribution is -1.95. The summed E-state index contributed by atoms with van der Waals surface area (Å²) in [6.45, 7) is 0. The van der Waals surface area contributed by atoms with Crippen molar-refractivity contribution in [3.8, 4) is 0 Å². The summed E-state index contributed by atoms with van der Waals surface area (Å²) < 4.78 is 13.4. The van der Waals surface area contributed by atoms with Crippen molar-refractivity contribution in [2.75, 3.05) is 5.73 Å². The average Bonchev–Trinajstić information content (AvgIpc) is 2.81. The van der Waals surface area contributed by atoms with Crippen molar-refractivity contribution < 1.29 is 4.39 Å². The zero-order chi connectivity index (χ0) is 12.0. The number of fused-ring (bicyclic) bond motifs is 1. The maximum Gasteiger partial charge on any atom is 0.180 e. The Kier molecular flexibility index (Phi) is 2.56. The average molecular weight is 269 g/mol. The van der Waals surface area contributed by atoms with Crippen molar-refractivity contribution in [2.45, 2.75) is 18.8 Å². The molecule has 1 unspecified atom stereocenters. The predicted octanol–water partition coefficient (Wildman–Crippen LogP) is 3.60. The molecule has 1 heterocycles. The number of aromatic nitrogens is 1. The van der Waals surface area contributed by atoms with Gasteiger partial charge in [-0.1, -0.05) is 17.7 Å². The highest BCUT2D eigenvalue weighted by atomic mass is 35.5. The minimum Gasteiger partial charge on any atom is -0.375 e. The number of hydrogen-bond donors (Lipinski definition) is 1. The number of nitrogen functional groups attached to an aromatic ring is 1. The monoisotopic (exact) mass is 268 g/mol. The largest absolute Gasteiger partial charge is 0.375 e. The Morgan fingerprint density at radius 2 is 2.29 bits per heavy atom. The molecule has 0 spiro atoms. The summed E-state index contributed by atoms with van der Waals surface area (Å²) in [5, 5.41) is 0.755. The molecule has 2 aromatic rings. The SMILES string of the molecule is Nc1nc2c(s1)C(c1ccc(Cl)c(F)c1)CC2. The molecular weight excluding hydrogens is 259 g/mol. The molecule has 88 valence electrons. The van der Waals surface area contributed by atoms with Crippen molar-refractivity contribution >= 4 is 28.1 Å². The highest BCUT2D eigenvalue weighted by Crippen LogP contribution is 2.42. The maximum atomic E-state index is 13.4. The van der Waals surface area contributed by atoms with Gasteiger partial charge in [-0.25, -0.2) is 9.37 Å². The maximum absolute atomic E-state index is 13.4. The highest BCUT2D eigenvalue weighted by molar-refractivity contribution is 7.15. The highest BCUT2D eigenvalue weighted by Gasteiger charge is 2.28. The number of halogens is 2. The number of anilines is 1. The lowest BCUT2D eigenvalue weighted by Gasteiger charge is -2.10. The Balaban J connectivity index is 2.03. The van der Waals surface area contributed by atoms with E-state index in [0.29, 0.717) is 5.13 Å². The second-order valence-electron chi connectivity index (χ2n) is 4.13. The van der Waals surface area contributed by atoms with Gasteiger partial charge in [0.25, 0.3) is 0 Å². The lowest BCUT2D eigenvalue weighted by molar-refractivity contribution is 0.623. The van der Waals surface area contributed by atoms with Crippen LogP contribution >= 0.6 is 22.9 Å². The van der Waals surface area contributed by atoms with Gasteiger partial charge in [0.05, 0.1) is 10.7 Å². The third kappa shape index (κ3) is 1.81. The predicted molar refractivity (Wildman–Crippen MR) is 68.1 cm³/mol. The fourth-order valence-corrected chi connectivity index (χ4v) is 3.45. The van der Waals surface area contributed by atoms with Crippen LogP contribution in [0.5, 0.6) is 0 Å². The molecular formula is C12H10ClFN2S. The molecule has 0 saturated heterocycles. The zero-order valence-corrected chi connectivity index (χ0v) is 10.5. The summed E-state index contributed by atoms with van der Waals surface area (Å²) in [7, 11) is 0. The van der Waals surface area contributed by atoms with E-state index in [2.05, 4.69) is 4.98 Å². The molecule has 1 aliphatic rings. The van der Waals surface area contributed by atoms with E-state index in [1.807, 2.05) is 6.07 Å². The van der Waals surface area contributed by atoms with Gasteiger partial charge in [0, 0.05) is 10.8 Å². The zero-order valence-electron chi connectivity index (χ0n) is 8.91. The molecule has 17 heavy (non-hydrogen) atoms. The Hall–Kier alpha value is -1.13. The quantitative estimate of drug-likeness (QED) is 0.858. The first-order valence-corrected chi connectivity index (χ1v) is 6.54. The van der Waals surface area contributed by atoms with E-state index in [-0.39, 0.29) is 16.8 Å². The van der Waals surface area contributed by atoms with Gasteiger partial charge in [-0.2, -0.15) is 0 Å². The van der Waals surface area contributed by atoms with Crippen LogP contribution < -0.4 is 5.73 Å². The Labute approximate surface area is 107 Å². The molecule has 0 amide bonds. The van der Waals surface area contributed by atoms with E-state index in [4.69, 9.17) is 17.3 Å². The summed E-state index contributed by atoms with van der Waals surface area (Å²) in [6.07, 6.45) is 1.88. The van der Waals surface area contributed by atoms with Gasteiger partial charge < -0.3 is 5.73 Å². The van der Waals surface area contributed by atoms with Crippen LogP contribution in [-0.4, -0.2) is 4.98 Å². The van der Waals surface area contributed by atoms with Crippen LogP contribution in [0, 0.1) is 5.82 Å². The molecule has 1 atom stereocenters. The summed E-state index contributed by atoms with van der Waals surface area (Å²) in [6, 6.07) is 4.99. The smallest absolute Gasteiger partial charge is 0.180 e. The third-order valence-electron chi connectivity index (χ3n) is 3.08. The number of aryl methyl sites for hydroxylation is 1. The van der Waals surface area contributed by atoms with Crippen molar-refractivity contribution in [1.82, 2.24) is 4.98 Å². The molecule has 1 aromatic heterocycles. The number of hydrogen-bond acceptors (Lipinski definition) is 3. The van der Waals surface area contributed by atoms with Gasteiger partial charge in [0.15, 0.2) is 5.13 Å².